The predicted molar refractivity (Wildman–Crippen MR) is 105 cm³/mol. The minimum absolute atomic E-state index is 0. The summed E-state index contributed by atoms with van der Waals surface area (Å²) >= 11 is 0. The molecule has 0 fully saturated rings. The van der Waals surface area contributed by atoms with E-state index < -0.39 is 0 Å². The summed E-state index contributed by atoms with van der Waals surface area (Å²) in [7, 11) is 1.67. The minimum Gasteiger partial charge on any atom is -0.494 e. The Labute approximate surface area is 169 Å². The molecule has 0 spiro atoms. The van der Waals surface area contributed by atoms with E-state index >= 15 is 0 Å². The van der Waals surface area contributed by atoms with Gasteiger partial charge in [-0.05, 0) is 60.7 Å². The van der Waals surface area contributed by atoms with Crippen molar-refractivity contribution in [3.63, 3.8) is 0 Å². The van der Waals surface area contributed by atoms with Gasteiger partial charge in [-0.3, -0.25) is 0 Å². The van der Waals surface area contributed by atoms with Crippen LogP contribution in [0, 0.1) is 0 Å². The molecule has 0 aliphatic carbocycles. The first-order valence-corrected chi connectivity index (χ1v) is 8.38. The van der Waals surface area contributed by atoms with Crippen LogP contribution < -0.4 is 4.74 Å². The molecule has 5 heterocycles. The fraction of sp³-hybridized carbons (Fsp3) is 0.0476. The van der Waals surface area contributed by atoms with Gasteiger partial charge in [0, 0.05) is 42.7 Å². The van der Waals surface area contributed by atoms with E-state index in [1.807, 2.05) is 66.8 Å². The number of ether oxygens (including phenoxy) is 1. The number of H-pyrrole nitrogens is 2. The Kier molecular flexibility index (Phi) is 4.52. The summed E-state index contributed by atoms with van der Waals surface area (Å²) in [5, 5.41) is 0. The monoisotopic (exact) mass is 533 g/mol. The molecular weight excluding hydrogens is 516 g/mol. The zero-order valence-electron chi connectivity index (χ0n) is 14.5. The van der Waals surface area contributed by atoms with Gasteiger partial charge in [0.1, 0.15) is 5.75 Å². The van der Waals surface area contributed by atoms with Crippen molar-refractivity contribution in [1.29, 1.82) is 0 Å². The molecule has 0 unspecified atom stereocenters. The van der Waals surface area contributed by atoms with Gasteiger partial charge in [0.2, 0.25) is 0 Å². The number of hydrogen-bond donors (Lipinski definition) is 2. The van der Waals surface area contributed by atoms with Crippen LogP contribution in [0.5, 0.6) is 5.75 Å². The molecule has 5 rings (SSSR count). The molecular formula is C21H16IrN4O. The van der Waals surface area contributed by atoms with Crippen LogP contribution in [-0.2, 0) is 20.1 Å². The van der Waals surface area contributed by atoms with Crippen molar-refractivity contribution in [2.24, 2.45) is 0 Å². The maximum Gasteiger partial charge on any atom is 0.144 e. The molecule has 0 atom stereocenters. The summed E-state index contributed by atoms with van der Waals surface area (Å²) in [4.78, 5) is 16.0. The van der Waals surface area contributed by atoms with E-state index in [1.54, 1.807) is 7.11 Å². The average molecular weight is 533 g/mol. The van der Waals surface area contributed by atoms with E-state index in [0.717, 1.165) is 50.6 Å². The van der Waals surface area contributed by atoms with Crippen molar-refractivity contribution >= 4 is 46.4 Å². The van der Waals surface area contributed by atoms with E-state index in [1.165, 1.54) is 0 Å². The maximum atomic E-state index is 5.50. The van der Waals surface area contributed by atoms with Gasteiger partial charge in [0.25, 0.3) is 0 Å². The normalized spacial score (nSPS) is 12.0. The van der Waals surface area contributed by atoms with E-state index in [4.69, 9.17) is 4.74 Å². The molecule has 8 bridgehead atoms. The summed E-state index contributed by atoms with van der Waals surface area (Å²) in [6.07, 6.45) is 8.00. The quantitative estimate of drug-likeness (QED) is 0.330. The van der Waals surface area contributed by atoms with Gasteiger partial charge in [0.05, 0.1) is 35.4 Å². The number of methoxy groups -OCH3 is 1. The number of rotatable bonds is 1. The van der Waals surface area contributed by atoms with Gasteiger partial charge in [-0.25, -0.2) is 9.97 Å². The first-order valence-electron chi connectivity index (χ1n) is 8.38. The molecule has 0 saturated heterocycles. The number of fused-ring (bicyclic) bond motifs is 8. The zero-order chi connectivity index (χ0) is 17.5. The smallest absolute Gasteiger partial charge is 0.144 e. The van der Waals surface area contributed by atoms with Crippen LogP contribution in [0.1, 0.15) is 22.8 Å². The molecule has 2 N–H and O–H groups in total. The fourth-order valence-corrected chi connectivity index (χ4v) is 3.16. The summed E-state index contributed by atoms with van der Waals surface area (Å²) in [5.74, 6) is 0.779. The van der Waals surface area contributed by atoms with Crippen molar-refractivity contribution in [3.8, 4) is 5.75 Å². The van der Waals surface area contributed by atoms with Gasteiger partial charge >= 0.3 is 0 Å². The maximum absolute atomic E-state index is 5.50. The number of aromatic amines is 2. The van der Waals surface area contributed by atoms with Crippen LogP contribution in [-0.4, -0.2) is 27.0 Å². The molecule has 5 nitrogen and oxygen atoms in total. The fourth-order valence-electron chi connectivity index (χ4n) is 3.16. The van der Waals surface area contributed by atoms with Gasteiger partial charge in [-0.1, -0.05) is 0 Å². The number of hydrogen-bond acceptors (Lipinski definition) is 3. The molecule has 0 aromatic carbocycles. The number of nitrogens with zero attached hydrogens (tertiary/aromatic N) is 2. The van der Waals surface area contributed by atoms with E-state index in [2.05, 4.69) is 19.9 Å². The molecule has 3 aromatic rings. The summed E-state index contributed by atoms with van der Waals surface area (Å²) in [6.45, 7) is 0. The third-order valence-electron chi connectivity index (χ3n) is 4.35. The van der Waals surface area contributed by atoms with Crippen LogP contribution in [0.4, 0.5) is 0 Å². The zero-order valence-corrected chi connectivity index (χ0v) is 16.9. The van der Waals surface area contributed by atoms with Crippen molar-refractivity contribution in [3.05, 3.63) is 65.2 Å². The van der Waals surface area contributed by atoms with E-state index in [9.17, 15) is 0 Å². The Morgan fingerprint density at radius 3 is 1.74 bits per heavy atom. The van der Waals surface area contributed by atoms with Crippen LogP contribution in [0.2, 0.25) is 0 Å². The van der Waals surface area contributed by atoms with Gasteiger partial charge in [0.15, 0.2) is 0 Å². The van der Waals surface area contributed by atoms with Crippen LogP contribution in [0.25, 0.3) is 46.4 Å². The van der Waals surface area contributed by atoms with Gasteiger partial charge in [-0.2, -0.15) is 0 Å². The molecule has 3 aromatic heterocycles. The third kappa shape index (κ3) is 3.50. The topological polar surface area (TPSA) is 66.6 Å². The Balaban J connectivity index is 0.00000180. The molecule has 1 radical (unpaired) electrons. The number of nitrogens with one attached hydrogen (secondary N) is 2. The minimum atomic E-state index is 0. The summed E-state index contributed by atoms with van der Waals surface area (Å²) in [5.41, 5.74) is 7.43. The Morgan fingerprint density at radius 2 is 1.19 bits per heavy atom. The molecule has 0 amide bonds. The number of aromatic nitrogens is 4. The van der Waals surface area contributed by atoms with Crippen molar-refractivity contribution in [2.45, 2.75) is 0 Å². The predicted octanol–water partition coefficient (Wildman–Crippen LogP) is 4.66. The molecule has 6 heteroatoms. The largest absolute Gasteiger partial charge is 0.494 e. The third-order valence-corrected chi connectivity index (χ3v) is 4.35. The van der Waals surface area contributed by atoms with Crippen LogP contribution in [0.3, 0.4) is 0 Å². The van der Waals surface area contributed by atoms with Crippen molar-refractivity contribution in [2.75, 3.05) is 7.11 Å². The standard InChI is InChI=1S/C21H16N4O.Ir/c1-26-21-12-19-10-17-5-4-15(23-17)8-13-2-3-14(22-13)9-16-6-7-18(24-16)11-20(21)25-19;/h2-12,22,25H,1H3;. The molecule has 2 aliphatic heterocycles. The van der Waals surface area contributed by atoms with Gasteiger partial charge < -0.3 is 14.7 Å². The van der Waals surface area contributed by atoms with Crippen molar-refractivity contribution < 1.29 is 24.8 Å². The Morgan fingerprint density at radius 1 is 0.667 bits per heavy atom. The second-order valence-corrected chi connectivity index (χ2v) is 6.24. The first kappa shape index (κ1) is 17.5. The van der Waals surface area contributed by atoms with Crippen LogP contribution >= 0.6 is 0 Å². The Hall–Kier alpha value is -2.95. The average Bonchev–Trinajstić information content (AvgIpc) is 3.39. The SMILES string of the molecule is COc1cc2cc3nc(cc4ccc(cc5nc(cc1[nH]2)C=C5)[nH]4)C=C3.[Ir]. The van der Waals surface area contributed by atoms with Gasteiger partial charge in [-0.15, -0.1) is 0 Å². The second-order valence-electron chi connectivity index (χ2n) is 6.24. The van der Waals surface area contributed by atoms with Crippen molar-refractivity contribution in [1.82, 2.24) is 19.9 Å². The summed E-state index contributed by atoms with van der Waals surface area (Å²) < 4.78 is 5.50. The Bertz CT molecular complexity index is 1230. The van der Waals surface area contributed by atoms with E-state index in [-0.39, 0.29) is 20.1 Å². The van der Waals surface area contributed by atoms with Crippen LogP contribution in [0.15, 0.2) is 42.5 Å². The first-order chi connectivity index (χ1) is 12.7. The summed E-state index contributed by atoms with van der Waals surface area (Å²) in [6, 6.07) is 14.1. The molecule has 27 heavy (non-hydrogen) atoms. The molecule has 2 aliphatic rings. The second kappa shape index (κ2) is 6.99. The van der Waals surface area contributed by atoms with E-state index in [0.29, 0.717) is 0 Å². The molecule has 135 valence electrons. The molecule has 0 saturated carbocycles.